The van der Waals surface area contributed by atoms with E-state index >= 15 is 0 Å². The van der Waals surface area contributed by atoms with Crippen molar-refractivity contribution in [3.63, 3.8) is 0 Å². The van der Waals surface area contributed by atoms with Crippen LogP contribution in [0.5, 0.6) is 0 Å². The van der Waals surface area contributed by atoms with Crippen molar-refractivity contribution in [3.05, 3.63) is 22.4 Å². The van der Waals surface area contributed by atoms with Crippen LogP contribution in [-0.2, 0) is 0 Å². The summed E-state index contributed by atoms with van der Waals surface area (Å²) in [5.74, 6) is -1.05. The minimum absolute atomic E-state index is 0.00889. The third kappa shape index (κ3) is 1.29. The summed E-state index contributed by atoms with van der Waals surface area (Å²) in [4.78, 5) is 14.5. The molecule has 0 atom stereocenters. The average Bonchev–Trinajstić information content (AvgIpc) is 2.47. The molecule has 13 heavy (non-hydrogen) atoms. The lowest BCUT2D eigenvalue weighted by Crippen LogP contribution is -1.99. The van der Waals surface area contributed by atoms with E-state index in [2.05, 4.69) is 31.1 Å². The van der Waals surface area contributed by atoms with Crippen molar-refractivity contribution >= 4 is 32.9 Å². The third-order valence-corrected chi connectivity index (χ3v) is 2.13. The number of H-pyrrole nitrogens is 1. The van der Waals surface area contributed by atoms with Gasteiger partial charge in [-0.25, -0.2) is 9.78 Å². The molecule has 0 aliphatic rings. The molecule has 2 N–H and O–H groups in total. The van der Waals surface area contributed by atoms with Crippen LogP contribution in [0.25, 0.3) is 11.0 Å². The van der Waals surface area contributed by atoms with Gasteiger partial charge < -0.3 is 5.11 Å². The number of nitrogens with zero attached hydrogens (tertiary/aromatic N) is 2. The number of fused-ring (bicyclic) bond motifs is 1. The molecule has 0 saturated heterocycles. The van der Waals surface area contributed by atoms with Gasteiger partial charge in [-0.05, 0) is 28.1 Å². The van der Waals surface area contributed by atoms with Crippen LogP contribution in [0, 0.1) is 0 Å². The zero-order chi connectivity index (χ0) is 9.42. The zero-order valence-corrected chi connectivity index (χ0v) is 7.87. The average molecular weight is 242 g/mol. The van der Waals surface area contributed by atoms with Gasteiger partial charge in [0.25, 0.3) is 0 Å². The lowest BCUT2D eigenvalue weighted by atomic mass is 10.3. The number of hydrogen-bond acceptors (Lipinski definition) is 3. The molecule has 2 aromatic rings. The Morgan fingerprint density at radius 3 is 3.00 bits per heavy atom. The standard InChI is InChI=1S/C7H4BrN3O2/c8-6-5-3(10-11-6)1-2-4(9-5)7(12)13/h1-2H,(H,10,11)(H,12,13). The Balaban J connectivity index is 2.72. The molecule has 2 aromatic heterocycles. The first-order valence-corrected chi connectivity index (χ1v) is 4.21. The van der Waals surface area contributed by atoms with E-state index in [1.807, 2.05) is 0 Å². The first-order valence-electron chi connectivity index (χ1n) is 3.42. The molecule has 0 saturated carbocycles. The summed E-state index contributed by atoms with van der Waals surface area (Å²) in [6.07, 6.45) is 0. The fourth-order valence-corrected chi connectivity index (χ4v) is 1.37. The quantitative estimate of drug-likeness (QED) is 0.792. The first-order chi connectivity index (χ1) is 6.18. The molecule has 0 aliphatic carbocycles. The van der Waals surface area contributed by atoms with E-state index in [1.165, 1.54) is 6.07 Å². The van der Waals surface area contributed by atoms with Gasteiger partial charge in [0.05, 0.1) is 0 Å². The van der Waals surface area contributed by atoms with Gasteiger partial charge in [-0.1, -0.05) is 0 Å². The molecule has 0 fully saturated rings. The SMILES string of the molecule is O=C(O)c1ccc2n[nH]c(Br)c2n1. The smallest absolute Gasteiger partial charge is 0.354 e. The fourth-order valence-electron chi connectivity index (χ4n) is 0.985. The molecule has 0 radical (unpaired) electrons. The molecule has 2 rings (SSSR count). The van der Waals surface area contributed by atoms with Crippen LogP contribution in [0.4, 0.5) is 0 Å². The van der Waals surface area contributed by atoms with Crippen LogP contribution in [0.3, 0.4) is 0 Å². The van der Waals surface area contributed by atoms with Crippen molar-refractivity contribution in [3.8, 4) is 0 Å². The predicted octanol–water partition coefficient (Wildman–Crippen LogP) is 1.42. The molecule has 0 aromatic carbocycles. The maximum atomic E-state index is 10.6. The number of pyridine rings is 1. The van der Waals surface area contributed by atoms with Gasteiger partial charge in [-0.3, -0.25) is 5.10 Å². The van der Waals surface area contributed by atoms with Crippen LogP contribution < -0.4 is 0 Å². The van der Waals surface area contributed by atoms with E-state index in [4.69, 9.17) is 5.11 Å². The van der Waals surface area contributed by atoms with Gasteiger partial charge in [0.1, 0.15) is 21.3 Å². The Labute approximate surface area is 80.9 Å². The largest absolute Gasteiger partial charge is 0.477 e. The molecule has 6 heteroatoms. The minimum atomic E-state index is -1.05. The second kappa shape index (κ2) is 2.81. The number of halogens is 1. The number of hydrogen-bond donors (Lipinski definition) is 2. The second-order valence-corrected chi connectivity index (χ2v) is 3.20. The van der Waals surface area contributed by atoms with Crippen LogP contribution in [-0.4, -0.2) is 26.3 Å². The van der Waals surface area contributed by atoms with Gasteiger partial charge in [-0.2, -0.15) is 5.10 Å². The minimum Gasteiger partial charge on any atom is -0.477 e. The summed E-state index contributed by atoms with van der Waals surface area (Å²) in [7, 11) is 0. The number of aromatic nitrogens is 3. The van der Waals surface area contributed by atoms with Gasteiger partial charge in [0.15, 0.2) is 0 Å². The van der Waals surface area contributed by atoms with Crippen molar-refractivity contribution in [1.29, 1.82) is 0 Å². The summed E-state index contributed by atoms with van der Waals surface area (Å²) in [5.41, 5.74) is 1.17. The Morgan fingerprint density at radius 2 is 2.31 bits per heavy atom. The molecule has 0 bridgehead atoms. The number of rotatable bonds is 1. The second-order valence-electron chi connectivity index (χ2n) is 2.41. The monoisotopic (exact) mass is 241 g/mol. The van der Waals surface area contributed by atoms with Crippen molar-refractivity contribution in [2.75, 3.05) is 0 Å². The number of aromatic carboxylic acids is 1. The molecule has 0 aliphatic heterocycles. The Morgan fingerprint density at radius 1 is 1.54 bits per heavy atom. The molecule has 2 heterocycles. The summed E-state index contributed by atoms with van der Waals surface area (Å²) >= 11 is 3.18. The maximum Gasteiger partial charge on any atom is 0.354 e. The predicted molar refractivity (Wildman–Crippen MR) is 48.5 cm³/mol. The van der Waals surface area contributed by atoms with Gasteiger partial charge in [0.2, 0.25) is 0 Å². The highest BCUT2D eigenvalue weighted by molar-refractivity contribution is 9.10. The van der Waals surface area contributed by atoms with Crippen LogP contribution >= 0.6 is 15.9 Å². The van der Waals surface area contributed by atoms with E-state index in [0.29, 0.717) is 15.6 Å². The van der Waals surface area contributed by atoms with E-state index in [1.54, 1.807) is 6.07 Å². The summed E-state index contributed by atoms with van der Waals surface area (Å²) < 4.78 is 0.589. The van der Waals surface area contributed by atoms with Crippen molar-refractivity contribution in [2.24, 2.45) is 0 Å². The molecular formula is C7H4BrN3O2. The highest BCUT2D eigenvalue weighted by atomic mass is 79.9. The number of carboxylic acid groups (broad SMARTS) is 1. The topological polar surface area (TPSA) is 78.9 Å². The normalized spacial score (nSPS) is 10.5. The molecule has 0 amide bonds. The highest BCUT2D eigenvalue weighted by Gasteiger charge is 2.09. The molecule has 5 nitrogen and oxygen atoms in total. The van der Waals surface area contributed by atoms with E-state index in [-0.39, 0.29) is 5.69 Å². The van der Waals surface area contributed by atoms with Gasteiger partial charge in [-0.15, -0.1) is 0 Å². The van der Waals surface area contributed by atoms with Crippen LogP contribution in [0.1, 0.15) is 10.5 Å². The van der Waals surface area contributed by atoms with E-state index in [9.17, 15) is 4.79 Å². The number of nitrogens with one attached hydrogen (secondary N) is 1. The first kappa shape index (κ1) is 8.18. The number of carbonyl (C=O) groups is 1. The van der Waals surface area contributed by atoms with Crippen molar-refractivity contribution in [1.82, 2.24) is 15.2 Å². The summed E-state index contributed by atoms with van der Waals surface area (Å²) in [6, 6.07) is 3.02. The Bertz CT molecular complexity index is 480. The van der Waals surface area contributed by atoms with Crippen molar-refractivity contribution < 1.29 is 9.90 Å². The molecule has 66 valence electrons. The highest BCUT2D eigenvalue weighted by Crippen LogP contribution is 2.18. The third-order valence-electron chi connectivity index (χ3n) is 1.58. The fraction of sp³-hybridized carbons (Fsp3) is 0. The van der Waals surface area contributed by atoms with E-state index < -0.39 is 5.97 Å². The Kier molecular flexibility index (Phi) is 1.77. The molecule has 0 spiro atoms. The molecular weight excluding hydrogens is 238 g/mol. The summed E-state index contributed by atoms with van der Waals surface area (Å²) in [6.45, 7) is 0. The maximum absolute atomic E-state index is 10.6. The number of aromatic amines is 1. The zero-order valence-electron chi connectivity index (χ0n) is 6.28. The van der Waals surface area contributed by atoms with Crippen molar-refractivity contribution in [2.45, 2.75) is 0 Å². The number of carboxylic acids is 1. The van der Waals surface area contributed by atoms with Crippen LogP contribution in [0.15, 0.2) is 16.7 Å². The lowest BCUT2D eigenvalue weighted by molar-refractivity contribution is 0.0691. The molecule has 0 unspecified atom stereocenters. The van der Waals surface area contributed by atoms with Crippen LogP contribution in [0.2, 0.25) is 0 Å². The van der Waals surface area contributed by atoms with E-state index in [0.717, 1.165) is 0 Å². The van der Waals surface area contributed by atoms with Gasteiger partial charge in [0, 0.05) is 0 Å². The summed E-state index contributed by atoms with van der Waals surface area (Å²) in [5, 5.41) is 15.2. The van der Waals surface area contributed by atoms with Gasteiger partial charge >= 0.3 is 5.97 Å². The Hall–Kier alpha value is -1.43. The lowest BCUT2D eigenvalue weighted by Gasteiger charge is -1.92.